The van der Waals surface area contributed by atoms with Crippen molar-refractivity contribution in [3.05, 3.63) is 54.1 Å². The lowest BCUT2D eigenvalue weighted by Crippen LogP contribution is -2.12. The first-order valence-electron chi connectivity index (χ1n) is 5.62. The Hall–Kier alpha value is -2.09. The minimum atomic E-state index is -4.36. The van der Waals surface area contributed by atoms with E-state index in [-0.39, 0.29) is 22.2 Å². The summed E-state index contributed by atoms with van der Waals surface area (Å²) in [6.07, 6.45) is 1.07. The molecule has 1 aromatic heterocycles. The van der Waals surface area contributed by atoms with Gasteiger partial charge in [-0.05, 0) is 48.2 Å². The summed E-state index contributed by atoms with van der Waals surface area (Å²) >= 11 is -0.238. The SMILES string of the molecule is O=C(Nc1ccc(SC(F)(F)F)cc1)c1ccc(F)nc1. The molecule has 2 aromatic rings. The van der Waals surface area contributed by atoms with Crippen LogP contribution in [0.15, 0.2) is 47.5 Å². The summed E-state index contributed by atoms with van der Waals surface area (Å²) in [7, 11) is 0. The van der Waals surface area contributed by atoms with Gasteiger partial charge in [0.15, 0.2) is 0 Å². The number of nitrogens with one attached hydrogen (secondary N) is 1. The summed E-state index contributed by atoms with van der Waals surface area (Å²) in [5.74, 6) is -1.24. The molecule has 0 unspecified atom stereocenters. The van der Waals surface area contributed by atoms with Crippen LogP contribution in [0.1, 0.15) is 10.4 Å². The monoisotopic (exact) mass is 316 g/mol. The Morgan fingerprint density at radius 3 is 2.29 bits per heavy atom. The molecule has 3 nitrogen and oxygen atoms in total. The van der Waals surface area contributed by atoms with Crippen LogP contribution in [0.2, 0.25) is 0 Å². The van der Waals surface area contributed by atoms with Crippen LogP contribution in [0.4, 0.5) is 23.2 Å². The van der Waals surface area contributed by atoms with Crippen LogP contribution in [0.5, 0.6) is 0 Å². The molecule has 0 aliphatic heterocycles. The van der Waals surface area contributed by atoms with Crippen LogP contribution in [-0.2, 0) is 0 Å². The van der Waals surface area contributed by atoms with Gasteiger partial charge in [0.05, 0.1) is 5.56 Å². The molecule has 0 radical (unpaired) electrons. The number of pyridine rings is 1. The van der Waals surface area contributed by atoms with Crippen LogP contribution >= 0.6 is 11.8 Å². The first kappa shape index (κ1) is 15.3. The highest BCUT2D eigenvalue weighted by molar-refractivity contribution is 8.00. The van der Waals surface area contributed by atoms with E-state index in [1.807, 2.05) is 0 Å². The second-order valence-electron chi connectivity index (χ2n) is 3.90. The van der Waals surface area contributed by atoms with Crippen LogP contribution < -0.4 is 5.32 Å². The van der Waals surface area contributed by atoms with Gasteiger partial charge in [0, 0.05) is 16.8 Å². The molecule has 0 bridgehead atoms. The van der Waals surface area contributed by atoms with Crippen molar-refractivity contribution in [1.29, 1.82) is 0 Å². The van der Waals surface area contributed by atoms with Crippen molar-refractivity contribution in [3.63, 3.8) is 0 Å². The van der Waals surface area contributed by atoms with Crippen molar-refractivity contribution in [3.8, 4) is 0 Å². The number of amides is 1. The van der Waals surface area contributed by atoms with Crippen LogP contribution in [-0.4, -0.2) is 16.4 Å². The third-order valence-corrected chi connectivity index (χ3v) is 3.07. The number of carbonyl (C=O) groups is 1. The Morgan fingerprint density at radius 2 is 1.76 bits per heavy atom. The molecule has 0 saturated carbocycles. The largest absolute Gasteiger partial charge is 0.446 e. The van der Waals surface area contributed by atoms with E-state index in [4.69, 9.17) is 0 Å². The van der Waals surface area contributed by atoms with E-state index in [0.29, 0.717) is 5.69 Å². The summed E-state index contributed by atoms with van der Waals surface area (Å²) in [6, 6.07) is 7.49. The van der Waals surface area contributed by atoms with E-state index in [0.717, 1.165) is 12.3 Å². The second kappa shape index (κ2) is 6.13. The first-order valence-corrected chi connectivity index (χ1v) is 6.44. The van der Waals surface area contributed by atoms with Crippen molar-refractivity contribution in [1.82, 2.24) is 4.98 Å². The Morgan fingerprint density at radius 1 is 1.10 bits per heavy atom. The normalized spacial score (nSPS) is 11.2. The number of thioether (sulfide) groups is 1. The number of hydrogen-bond acceptors (Lipinski definition) is 3. The third-order valence-electron chi connectivity index (χ3n) is 2.34. The number of hydrogen-bond donors (Lipinski definition) is 1. The van der Waals surface area contributed by atoms with Gasteiger partial charge in [0.1, 0.15) is 0 Å². The molecular formula is C13H8F4N2OS. The zero-order valence-electron chi connectivity index (χ0n) is 10.3. The molecule has 0 atom stereocenters. The van der Waals surface area contributed by atoms with Crippen molar-refractivity contribution in [2.24, 2.45) is 0 Å². The van der Waals surface area contributed by atoms with Crippen molar-refractivity contribution >= 4 is 23.4 Å². The molecule has 110 valence electrons. The summed E-state index contributed by atoms with van der Waals surface area (Å²) in [6.45, 7) is 0. The van der Waals surface area contributed by atoms with Crippen molar-refractivity contribution in [2.75, 3.05) is 5.32 Å². The number of alkyl halides is 3. The van der Waals surface area contributed by atoms with Gasteiger partial charge >= 0.3 is 5.51 Å². The van der Waals surface area contributed by atoms with Gasteiger partial charge in [-0.15, -0.1) is 0 Å². The zero-order valence-corrected chi connectivity index (χ0v) is 11.1. The lowest BCUT2D eigenvalue weighted by Gasteiger charge is -2.08. The number of benzene rings is 1. The molecular weight excluding hydrogens is 308 g/mol. The molecule has 1 amide bonds. The molecule has 0 spiro atoms. The number of anilines is 1. The minimum Gasteiger partial charge on any atom is -0.322 e. The van der Waals surface area contributed by atoms with Gasteiger partial charge in [-0.1, -0.05) is 0 Å². The molecule has 0 aliphatic carbocycles. The van der Waals surface area contributed by atoms with E-state index in [1.165, 1.54) is 30.3 Å². The van der Waals surface area contributed by atoms with E-state index in [9.17, 15) is 22.4 Å². The quantitative estimate of drug-likeness (QED) is 0.527. The summed E-state index contributed by atoms with van der Waals surface area (Å²) in [5, 5.41) is 2.48. The number of carbonyl (C=O) groups excluding carboxylic acids is 1. The summed E-state index contributed by atoms with van der Waals surface area (Å²) < 4.78 is 49.1. The maximum atomic E-state index is 12.6. The fourth-order valence-electron chi connectivity index (χ4n) is 1.45. The number of rotatable bonds is 3. The molecule has 0 aliphatic rings. The van der Waals surface area contributed by atoms with Crippen molar-refractivity contribution in [2.45, 2.75) is 10.4 Å². The van der Waals surface area contributed by atoms with Crippen molar-refractivity contribution < 1.29 is 22.4 Å². The summed E-state index contributed by atoms with van der Waals surface area (Å²) in [5.41, 5.74) is -3.88. The van der Waals surface area contributed by atoms with Gasteiger partial charge in [-0.2, -0.15) is 17.6 Å². The third kappa shape index (κ3) is 4.75. The fourth-order valence-corrected chi connectivity index (χ4v) is 1.99. The standard InChI is InChI=1S/C13H8F4N2OS/c14-11-6-1-8(7-18-11)12(20)19-9-2-4-10(5-3-9)21-13(15,16)17/h1-7H,(H,19,20). The first-order chi connectivity index (χ1) is 9.83. The van der Waals surface area contributed by atoms with Gasteiger partial charge in [-0.3, -0.25) is 4.79 Å². The predicted molar refractivity (Wildman–Crippen MR) is 70.5 cm³/mol. The molecule has 0 saturated heterocycles. The fraction of sp³-hybridized carbons (Fsp3) is 0.0769. The maximum absolute atomic E-state index is 12.6. The lowest BCUT2D eigenvalue weighted by molar-refractivity contribution is -0.0328. The highest BCUT2D eigenvalue weighted by atomic mass is 32.2. The van der Waals surface area contributed by atoms with E-state index < -0.39 is 17.4 Å². The Kier molecular flexibility index (Phi) is 4.46. The zero-order chi connectivity index (χ0) is 15.5. The van der Waals surface area contributed by atoms with Gasteiger partial charge in [0.2, 0.25) is 5.95 Å². The average Bonchev–Trinajstić information content (AvgIpc) is 2.40. The Balaban J connectivity index is 2.03. The van der Waals surface area contributed by atoms with Gasteiger partial charge < -0.3 is 5.32 Å². The second-order valence-corrected chi connectivity index (χ2v) is 5.03. The highest BCUT2D eigenvalue weighted by Crippen LogP contribution is 2.37. The lowest BCUT2D eigenvalue weighted by atomic mass is 10.2. The highest BCUT2D eigenvalue weighted by Gasteiger charge is 2.29. The average molecular weight is 316 g/mol. The van der Waals surface area contributed by atoms with E-state index in [1.54, 1.807) is 0 Å². The van der Waals surface area contributed by atoms with E-state index in [2.05, 4.69) is 10.3 Å². The Labute approximate surface area is 121 Å². The van der Waals surface area contributed by atoms with Crippen LogP contribution in [0.25, 0.3) is 0 Å². The smallest absolute Gasteiger partial charge is 0.322 e. The molecule has 21 heavy (non-hydrogen) atoms. The predicted octanol–water partition coefficient (Wildman–Crippen LogP) is 4.08. The Bertz CT molecular complexity index is 626. The maximum Gasteiger partial charge on any atom is 0.446 e. The molecule has 2 rings (SSSR count). The molecule has 0 fully saturated rings. The van der Waals surface area contributed by atoms with E-state index >= 15 is 0 Å². The van der Waals surface area contributed by atoms with Gasteiger partial charge in [0.25, 0.3) is 5.91 Å². The summed E-state index contributed by atoms with van der Waals surface area (Å²) in [4.78, 5) is 15.1. The molecule has 1 heterocycles. The van der Waals surface area contributed by atoms with Crippen LogP contribution in [0.3, 0.4) is 0 Å². The number of aromatic nitrogens is 1. The minimum absolute atomic E-state index is 0.0175. The molecule has 8 heteroatoms. The van der Waals surface area contributed by atoms with Gasteiger partial charge in [-0.25, -0.2) is 4.98 Å². The van der Waals surface area contributed by atoms with Crippen LogP contribution in [0, 0.1) is 5.95 Å². The molecule has 1 N–H and O–H groups in total. The molecule has 1 aromatic carbocycles. The number of halogens is 4. The topological polar surface area (TPSA) is 42.0 Å². The number of nitrogens with zero attached hydrogens (tertiary/aromatic N) is 1.